The van der Waals surface area contributed by atoms with Crippen LogP contribution < -0.4 is 4.74 Å². The molecule has 20 heavy (non-hydrogen) atoms. The molecule has 2 heterocycles. The van der Waals surface area contributed by atoms with Crippen molar-refractivity contribution in [2.24, 2.45) is 0 Å². The van der Waals surface area contributed by atoms with Gasteiger partial charge in [0.2, 0.25) is 0 Å². The molecule has 3 nitrogen and oxygen atoms in total. The van der Waals surface area contributed by atoms with Crippen LogP contribution in [0.2, 0.25) is 0 Å². The van der Waals surface area contributed by atoms with Crippen molar-refractivity contribution in [2.75, 3.05) is 19.7 Å². The molecule has 2 unspecified atom stereocenters. The number of aliphatic hydroxyl groups is 1. The molecule has 0 aromatic heterocycles. The van der Waals surface area contributed by atoms with Crippen molar-refractivity contribution in [1.82, 2.24) is 4.90 Å². The Morgan fingerprint density at radius 2 is 2.25 bits per heavy atom. The maximum Gasteiger partial charge on any atom is 0.123 e. The number of likely N-dealkylation sites (tertiary alicyclic amines) is 1. The smallest absolute Gasteiger partial charge is 0.123 e. The van der Waals surface area contributed by atoms with Crippen molar-refractivity contribution < 1.29 is 9.84 Å². The summed E-state index contributed by atoms with van der Waals surface area (Å²) in [5.74, 6) is 1.04. The lowest BCUT2D eigenvalue weighted by Crippen LogP contribution is -2.45. The first-order valence-electron chi connectivity index (χ1n) is 7.56. The van der Waals surface area contributed by atoms with Crippen LogP contribution in [0, 0.1) is 0 Å². The number of rotatable bonds is 4. The van der Waals surface area contributed by atoms with Crippen LogP contribution in [0.1, 0.15) is 31.2 Å². The first-order valence-corrected chi connectivity index (χ1v) is 8.35. The van der Waals surface area contributed by atoms with E-state index in [0.717, 1.165) is 36.2 Å². The molecular weight excluding hydrogens is 318 g/mol. The topological polar surface area (TPSA) is 32.7 Å². The zero-order chi connectivity index (χ0) is 13.9. The average molecular weight is 340 g/mol. The summed E-state index contributed by atoms with van der Waals surface area (Å²) in [7, 11) is 0. The van der Waals surface area contributed by atoms with E-state index < -0.39 is 0 Å². The Balaban J connectivity index is 1.61. The fraction of sp³-hybridized carbons (Fsp3) is 0.625. The van der Waals surface area contributed by atoms with Crippen molar-refractivity contribution in [1.29, 1.82) is 0 Å². The third-order valence-electron chi connectivity index (χ3n) is 4.41. The average Bonchev–Trinajstić information content (AvgIpc) is 2.82. The molecule has 4 heteroatoms. The zero-order valence-corrected chi connectivity index (χ0v) is 13.3. The van der Waals surface area contributed by atoms with Crippen LogP contribution in [-0.2, 0) is 6.42 Å². The molecule has 3 rings (SSSR count). The van der Waals surface area contributed by atoms with Crippen molar-refractivity contribution >= 4 is 15.9 Å². The van der Waals surface area contributed by atoms with Crippen LogP contribution >= 0.6 is 15.9 Å². The first-order chi connectivity index (χ1) is 9.76. The molecule has 1 aromatic carbocycles. The van der Waals surface area contributed by atoms with E-state index in [9.17, 15) is 5.11 Å². The van der Waals surface area contributed by atoms with Crippen LogP contribution in [0.4, 0.5) is 0 Å². The van der Waals surface area contributed by atoms with Crippen molar-refractivity contribution in [3.8, 4) is 5.75 Å². The maximum absolute atomic E-state index is 9.21. The lowest BCUT2D eigenvalue weighted by molar-refractivity contribution is 0.0757. The van der Waals surface area contributed by atoms with Crippen molar-refractivity contribution in [2.45, 2.75) is 44.2 Å². The molecule has 1 aromatic rings. The predicted octanol–water partition coefficient (Wildman–Crippen LogP) is 2.99. The molecule has 2 aliphatic rings. The van der Waals surface area contributed by atoms with Crippen molar-refractivity contribution in [3.05, 3.63) is 28.2 Å². The highest BCUT2D eigenvalue weighted by Gasteiger charge is 2.29. The second-order valence-electron chi connectivity index (χ2n) is 5.85. The Hall–Kier alpha value is -0.580. The molecule has 0 radical (unpaired) electrons. The Bertz CT molecular complexity index is 464. The third kappa shape index (κ3) is 3.18. The summed E-state index contributed by atoms with van der Waals surface area (Å²) in [5, 5.41) is 9.21. The predicted molar refractivity (Wildman–Crippen MR) is 83.2 cm³/mol. The second-order valence-corrected chi connectivity index (χ2v) is 6.77. The lowest BCUT2D eigenvalue weighted by atomic mass is 9.98. The highest BCUT2D eigenvalue weighted by atomic mass is 79.9. The van der Waals surface area contributed by atoms with Gasteiger partial charge in [0.25, 0.3) is 0 Å². The van der Waals surface area contributed by atoms with Gasteiger partial charge in [-0.15, -0.1) is 0 Å². The summed E-state index contributed by atoms with van der Waals surface area (Å²) in [6, 6.07) is 6.79. The van der Waals surface area contributed by atoms with Gasteiger partial charge in [0.05, 0.1) is 0 Å². The molecule has 2 aliphatic heterocycles. The van der Waals surface area contributed by atoms with Gasteiger partial charge in [-0.25, -0.2) is 0 Å². The minimum atomic E-state index is 0.263. The fourth-order valence-corrected chi connectivity index (χ4v) is 3.84. The standard InChI is InChI=1S/C16H22BrNO2/c17-13-4-5-16-12(9-13)10-15(20-16)11-18-7-2-1-3-14(18)6-8-19/h4-5,9,14-15,19H,1-3,6-8,10-11H2. The van der Waals surface area contributed by atoms with Gasteiger partial charge in [-0.1, -0.05) is 22.4 Å². The van der Waals surface area contributed by atoms with E-state index in [2.05, 4.69) is 33.0 Å². The maximum atomic E-state index is 9.21. The number of ether oxygens (including phenoxy) is 1. The van der Waals surface area contributed by atoms with Crippen LogP contribution in [0.25, 0.3) is 0 Å². The number of aliphatic hydroxyl groups excluding tert-OH is 1. The highest BCUT2D eigenvalue weighted by molar-refractivity contribution is 9.10. The number of fused-ring (bicyclic) bond motifs is 1. The number of hydrogen-bond acceptors (Lipinski definition) is 3. The van der Waals surface area contributed by atoms with E-state index in [4.69, 9.17) is 4.74 Å². The van der Waals surface area contributed by atoms with E-state index in [0.29, 0.717) is 12.6 Å². The van der Waals surface area contributed by atoms with E-state index in [-0.39, 0.29) is 6.10 Å². The first kappa shape index (κ1) is 14.4. The summed E-state index contributed by atoms with van der Waals surface area (Å²) >= 11 is 3.52. The van der Waals surface area contributed by atoms with Gasteiger partial charge in [0, 0.05) is 30.1 Å². The van der Waals surface area contributed by atoms with Crippen LogP contribution in [-0.4, -0.2) is 41.8 Å². The minimum absolute atomic E-state index is 0.263. The van der Waals surface area contributed by atoms with E-state index in [1.807, 2.05) is 6.07 Å². The molecule has 1 saturated heterocycles. The lowest BCUT2D eigenvalue weighted by Gasteiger charge is -2.36. The summed E-state index contributed by atoms with van der Waals surface area (Å²) in [4.78, 5) is 2.52. The Labute approximate surface area is 129 Å². The molecule has 1 fully saturated rings. The molecule has 0 spiro atoms. The highest BCUT2D eigenvalue weighted by Crippen LogP contribution is 2.32. The van der Waals surface area contributed by atoms with Crippen molar-refractivity contribution in [3.63, 3.8) is 0 Å². The molecule has 110 valence electrons. The Morgan fingerprint density at radius 1 is 1.35 bits per heavy atom. The number of piperidine rings is 1. The normalized spacial score (nSPS) is 26.3. The number of benzene rings is 1. The van der Waals surface area contributed by atoms with Gasteiger partial charge in [0.1, 0.15) is 11.9 Å². The van der Waals surface area contributed by atoms with Crippen LogP contribution in [0.15, 0.2) is 22.7 Å². The molecule has 0 aliphatic carbocycles. The quantitative estimate of drug-likeness (QED) is 0.915. The molecule has 2 atom stereocenters. The number of nitrogens with zero attached hydrogens (tertiary/aromatic N) is 1. The zero-order valence-electron chi connectivity index (χ0n) is 11.7. The molecule has 0 saturated carbocycles. The largest absolute Gasteiger partial charge is 0.488 e. The van der Waals surface area contributed by atoms with Gasteiger partial charge < -0.3 is 9.84 Å². The minimum Gasteiger partial charge on any atom is -0.488 e. The monoisotopic (exact) mass is 339 g/mol. The van der Waals surface area contributed by atoms with Gasteiger partial charge in [0.15, 0.2) is 0 Å². The van der Waals surface area contributed by atoms with E-state index >= 15 is 0 Å². The molecule has 0 bridgehead atoms. The van der Waals surface area contributed by atoms with Gasteiger partial charge in [-0.2, -0.15) is 0 Å². The van der Waals surface area contributed by atoms with E-state index in [1.165, 1.54) is 24.8 Å². The summed E-state index contributed by atoms with van der Waals surface area (Å²) in [6.45, 7) is 2.42. The Kier molecular flexibility index (Phi) is 4.64. The fourth-order valence-electron chi connectivity index (χ4n) is 3.43. The number of hydrogen-bond donors (Lipinski definition) is 1. The van der Waals surface area contributed by atoms with Crippen LogP contribution in [0.3, 0.4) is 0 Å². The Morgan fingerprint density at radius 3 is 3.10 bits per heavy atom. The van der Waals surface area contributed by atoms with Crippen LogP contribution in [0.5, 0.6) is 5.75 Å². The molecular formula is C16H22BrNO2. The molecule has 0 amide bonds. The SMILES string of the molecule is OCCC1CCCCN1CC1Cc2cc(Br)ccc2O1. The van der Waals surface area contributed by atoms with Gasteiger partial charge >= 0.3 is 0 Å². The van der Waals surface area contributed by atoms with Gasteiger partial charge in [-0.3, -0.25) is 4.90 Å². The van der Waals surface area contributed by atoms with Gasteiger partial charge in [-0.05, 0) is 49.6 Å². The summed E-state index contributed by atoms with van der Waals surface area (Å²) in [5.41, 5.74) is 1.31. The number of halogens is 1. The third-order valence-corrected chi connectivity index (χ3v) is 4.91. The van der Waals surface area contributed by atoms with E-state index in [1.54, 1.807) is 0 Å². The summed E-state index contributed by atoms with van der Waals surface area (Å²) in [6.07, 6.45) is 5.93. The molecule has 1 N–H and O–H groups in total. The second kappa shape index (κ2) is 6.46. The summed E-state index contributed by atoms with van der Waals surface area (Å²) < 4.78 is 7.19.